The van der Waals surface area contributed by atoms with Crippen molar-refractivity contribution >= 4 is 0 Å². The van der Waals surface area contributed by atoms with Crippen molar-refractivity contribution in [3.05, 3.63) is 34.9 Å². The molecule has 2 rings (SSSR count). The molecule has 0 aromatic heterocycles. The highest BCUT2D eigenvalue weighted by Crippen LogP contribution is 2.33. The Labute approximate surface area is 97.7 Å². The van der Waals surface area contributed by atoms with Crippen LogP contribution in [0, 0.1) is 6.92 Å². The van der Waals surface area contributed by atoms with E-state index in [1.54, 1.807) is 0 Å². The largest absolute Gasteiger partial charge is 0.396 e. The summed E-state index contributed by atoms with van der Waals surface area (Å²) in [4.78, 5) is 0. The number of aryl methyl sites for hydroxylation is 1. The average Bonchev–Trinajstić information content (AvgIpc) is 2.64. The van der Waals surface area contributed by atoms with Gasteiger partial charge in [-0.3, -0.25) is 0 Å². The summed E-state index contributed by atoms with van der Waals surface area (Å²) in [5.74, 6) is 0. The zero-order chi connectivity index (χ0) is 11.5. The van der Waals surface area contributed by atoms with Gasteiger partial charge in [0.15, 0.2) is 0 Å². The molecule has 2 atom stereocenters. The minimum absolute atomic E-state index is 0.265. The molecule has 2 N–H and O–H groups in total. The van der Waals surface area contributed by atoms with Gasteiger partial charge in [-0.25, -0.2) is 0 Å². The number of rotatable bonds is 4. The fourth-order valence-corrected chi connectivity index (χ4v) is 2.63. The maximum atomic E-state index is 8.91. The first-order chi connectivity index (χ1) is 7.72. The molecule has 16 heavy (non-hydrogen) atoms. The Morgan fingerprint density at radius 2 is 2.31 bits per heavy atom. The minimum atomic E-state index is 0.265. The summed E-state index contributed by atoms with van der Waals surface area (Å²) in [6.07, 6.45) is 3.21. The van der Waals surface area contributed by atoms with Crippen molar-refractivity contribution in [3.63, 3.8) is 0 Å². The molecule has 88 valence electrons. The third kappa shape index (κ3) is 2.28. The van der Waals surface area contributed by atoms with Gasteiger partial charge in [0.1, 0.15) is 0 Å². The van der Waals surface area contributed by atoms with Crippen LogP contribution in [-0.4, -0.2) is 17.8 Å². The molecule has 0 aliphatic heterocycles. The smallest absolute Gasteiger partial charge is 0.0445 e. The van der Waals surface area contributed by atoms with Gasteiger partial charge in [0.2, 0.25) is 0 Å². The van der Waals surface area contributed by atoms with Gasteiger partial charge in [-0.1, -0.05) is 18.2 Å². The fourth-order valence-electron chi connectivity index (χ4n) is 2.63. The lowest BCUT2D eigenvalue weighted by Crippen LogP contribution is -2.30. The van der Waals surface area contributed by atoms with Crippen LogP contribution in [0.15, 0.2) is 18.2 Å². The Morgan fingerprint density at radius 3 is 3.06 bits per heavy atom. The maximum absolute atomic E-state index is 8.91. The van der Waals surface area contributed by atoms with Gasteiger partial charge in [-0.15, -0.1) is 0 Å². The van der Waals surface area contributed by atoms with E-state index in [1.807, 2.05) is 0 Å². The maximum Gasteiger partial charge on any atom is 0.0445 e. The van der Waals surface area contributed by atoms with Crippen LogP contribution in [0.1, 0.15) is 42.5 Å². The Balaban J connectivity index is 2.09. The molecular formula is C14H21NO. The highest BCUT2D eigenvalue weighted by Gasteiger charge is 2.24. The zero-order valence-corrected chi connectivity index (χ0v) is 10.2. The fraction of sp³-hybridized carbons (Fsp3) is 0.571. The predicted octanol–water partition coefficient (Wildman–Crippen LogP) is 2.34. The van der Waals surface area contributed by atoms with E-state index in [4.69, 9.17) is 5.11 Å². The molecule has 0 saturated heterocycles. The van der Waals surface area contributed by atoms with Gasteiger partial charge in [-0.2, -0.15) is 0 Å². The SMILES string of the molecule is Cc1cccc2c1CCC2N[C@H](C)CCO. The first-order valence-corrected chi connectivity index (χ1v) is 6.17. The summed E-state index contributed by atoms with van der Waals surface area (Å²) in [5, 5.41) is 12.5. The highest BCUT2D eigenvalue weighted by atomic mass is 16.3. The molecule has 0 amide bonds. The molecule has 1 aliphatic carbocycles. The zero-order valence-electron chi connectivity index (χ0n) is 10.2. The topological polar surface area (TPSA) is 32.3 Å². The van der Waals surface area contributed by atoms with Crippen molar-refractivity contribution in [3.8, 4) is 0 Å². The lowest BCUT2D eigenvalue weighted by atomic mass is 10.0. The van der Waals surface area contributed by atoms with Crippen molar-refractivity contribution in [2.24, 2.45) is 0 Å². The number of nitrogens with one attached hydrogen (secondary N) is 1. The monoisotopic (exact) mass is 219 g/mol. The van der Waals surface area contributed by atoms with Crippen LogP contribution in [0.4, 0.5) is 0 Å². The Hall–Kier alpha value is -0.860. The highest BCUT2D eigenvalue weighted by molar-refractivity contribution is 5.40. The molecule has 0 saturated carbocycles. The van der Waals surface area contributed by atoms with Gasteiger partial charge in [0.25, 0.3) is 0 Å². The van der Waals surface area contributed by atoms with E-state index >= 15 is 0 Å². The molecule has 2 heteroatoms. The number of hydrogen-bond acceptors (Lipinski definition) is 2. The Bertz CT molecular complexity index is 362. The van der Waals surface area contributed by atoms with Crippen molar-refractivity contribution in [1.29, 1.82) is 0 Å². The number of aliphatic hydroxyl groups excluding tert-OH is 1. The van der Waals surface area contributed by atoms with E-state index in [-0.39, 0.29) is 6.61 Å². The first-order valence-electron chi connectivity index (χ1n) is 6.17. The molecule has 0 bridgehead atoms. The third-order valence-electron chi connectivity index (χ3n) is 3.55. The quantitative estimate of drug-likeness (QED) is 0.814. The van der Waals surface area contributed by atoms with Crippen LogP contribution in [0.3, 0.4) is 0 Å². The number of hydrogen-bond donors (Lipinski definition) is 2. The van der Waals surface area contributed by atoms with Crippen LogP contribution < -0.4 is 5.32 Å². The Morgan fingerprint density at radius 1 is 1.50 bits per heavy atom. The summed E-state index contributed by atoms with van der Waals surface area (Å²) >= 11 is 0. The predicted molar refractivity (Wildman–Crippen MR) is 66.5 cm³/mol. The first kappa shape index (κ1) is 11.6. The summed E-state index contributed by atoms with van der Waals surface area (Å²) in [5.41, 5.74) is 4.40. The van der Waals surface area contributed by atoms with Gasteiger partial charge >= 0.3 is 0 Å². The normalized spacial score (nSPS) is 20.8. The number of aliphatic hydroxyl groups is 1. The summed E-state index contributed by atoms with van der Waals surface area (Å²) < 4.78 is 0. The second kappa shape index (κ2) is 4.98. The summed E-state index contributed by atoms with van der Waals surface area (Å²) in [6.45, 7) is 4.60. The second-order valence-corrected chi connectivity index (χ2v) is 4.81. The number of fused-ring (bicyclic) bond motifs is 1. The van der Waals surface area contributed by atoms with Crippen LogP contribution in [0.2, 0.25) is 0 Å². The van der Waals surface area contributed by atoms with Crippen molar-refractivity contribution < 1.29 is 5.11 Å². The lowest BCUT2D eigenvalue weighted by Gasteiger charge is -2.19. The average molecular weight is 219 g/mol. The van der Waals surface area contributed by atoms with Crippen LogP contribution in [0.25, 0.3) is 0 Å². The van der Waals surface area contributed by atoms with Gasteiger partial charge in [0, 0.05) is 18.7 Å². The second-order valence-electron chi connectivity index (χ2n) is 4.81. The number of benzene rings is 1. The van der Waals surface area contributed by atoms with Crippen molar-refractivity contribution in [2.45, 2.75) is 45.2 Å². The standard InChI is InChI=1S/C14H21NO/c1-10-4-3-5-13-12(10)6-7-14(13)15-11(2)8-9-16/h3-5,11,14-16H,6-9H2,1-2H3/t11-,14?/m1/s1. The molecule has 0 heterocycles. The Kier molecular flexibility index (Phi) is 3.62. The molecule has 0 spiro atoms. The lowest BCUT2D eigenvalue weighted by molar-refractivity contribution is 0.263. The summed E-state index contributed by atoms with van der Waals surface area (Å²) in [7, 11) is 0. The molecule has 1 aromatic rings. The van der Waals surface area contributed by atoms with Crippen molar-refractivity contribution in [2.75, 3.05) is 6.61 Å². The van der Waals surface area contributed by atoms with E-state index in [9.17, 15) is 0 Å². The molecule has 0 radical (unpaired) electrons. The van der Waals surface area contributed by atoms with E-state index in [0.29, 0.717) is 12.1 Å². The molecule has 1 aliphatic rings. The molecular weight excluding hydrogens is 198 g/mol. The van der Waals surface area contributed by atoms with Crippen LogP contribution >= 0.6 is 0 Å². The van der Waals surface area contributed by atoms with E-state index < -0.39 is 0 Å². The molecule has 1 unspecified atom stereocenters. The van der Waals surface area contributed by atoms with Crippen LogP contribution in [0.5, 0.6) is 0 Å². The third-order valence-corrected chi connectivity index (χ3v) is 3.55. The van der Waals surface area contributed by atoms with Crippen molar-refractivity contribution in [1.82, 2.24) is 5.32 Å². The van der Waals surface area contributed by atoms with E-state index in [2.05, 4.69) is 37.4 Å². The van der Waals surface area contributed by atoms with Gasteiger partial charge < -0.3 is 10.4 Å². The van der Waals surface area contributed by atoms with Crippen LogP contribution in [-0.2, 0) is 6.42 Å². The van der Waals surface area contributed by atoms with E-state index in [0.717, 1.165) is 6.42 Å². The summed E-state index contributed by atoms with van der Waals surface area (Å²) in [6, 6.07) is 7.44. The van der Waals surface area contributed by atoms with E-state index in [1.165, 1.54) is 29.5 Å². The van der Waals surface area contributed by atoms with Gasteiger partial charge in [0.05, 0.1) is 0 Å². The molecule has 2 nitrogen and oxygen atoms in total. The molecule has 1 aromatic carbocycles. The minimum Gasteiger partial charge on any atom is -0.396 e. The molecule has 0 fully saturated rings. The van der Waals surface area contributed by atoms with Gasteiger partial charge in [-0.05, 0) is 49.8 Å².